The summed E-state index contributed by atoms with van der Waals surface area (Å²) < 4.78 is 1.13. The lowest BCUT2D eigenvalue weighted by molar-refractivity contribution is 0.0798. The molecule has 0 aromatic heterocycles. The van der Waals surface area contributed by atoms with Crippen molar-refractivity contribution < 1.29 is 30.0 Å². The van der Waals surface area contributed by atoms with Crippen molar-refractivity contribution >= 4 is 57.0 Å². The molecule has 10 heteroatoms. The predicted molar refractivity (Wildman–Crippen MR) is 112 cm³/mol. The number of amides is 2. The average Bonchev–Trinajstić information content (AvgIpc) is 2.62. The van der Waals surface area contributed by atoms with Crippen LogP contribution in [0.25, 0.3) is 0 Å². The summed E-state index contributed by atoms with van der Waals surface area (Å²) >= 11 is 3.96. The summed E-state index contributed by atoms with van der Waals surface area (Å²) in [6, 6.07) is 0. The highest BCUT2D eigenvalue weighted by molar-refractivity contribution is 14.1. The van der Waals surface area contributed by atoms with Crippen LogP contribution in [0.1, 0.15) is 31.8 Å². The number of carbonyl (C=O) groups excluding carboxylic acids is 2. The van der Waals surface area contributed by atoms with Crippen molar-refractivity contribution in [2.45, 2.75) is 26.1 Å². The Morgan fingerprint density at radius 1 is 0.846 bits per heavy atom. The average molecular weight is 592 g/mol. The molecule has 1 aromatic rings. The minimum atomic E-state index is -1.07. The third-order valence-corrected chi connectivity index (χ3v) is 6.22. The van der Waals surface area contributed by atoms with Crippen LogP contribution in [-0.4, -0.2) is 70.8 Å². The third kappa shape index (κ3) is 5.73. The van der Waals surface area contributed by atoms with Crippen molar-refractivity contribution in [1.82, 2.24) is 10.6 Å². The van der Waals surface area contributed by atoms with Gasteiger partial charge in [-0.15, -0.1) is 0 Å². The van der Waals surface area contributed by atoms with E-state index in [1.807, 2.05) is 45.2 Å². The second kappa shape index (κ2) is 10.7. The van der Waals surface area contributed by atoms with Crippen LogP contribution in [0.5, 0.6) is 0 Å². The molecule has 146 valence electrons. The van der Waals surface area contributed by atoms with E-state index in [2.05, 4.69) is 10.6 Å². The second-order valence-corrected chi connectivity index (χ2v) is 7.88. The number of hydrogen-bond donors (Lipinski definition) is 6. The van der Waals surface area contributed by atoms with E-state index in [9.17, 15) is 19.8 Å². The number of benzene rings is 1. The standard InChI is InChI=1S/C16H22I2N2O6/c1-7-8(2)13(17)12(16(26)20-4-10(24)6-22)14(18)11(7)15(25)19-3-9(23)5-21/h9-10,21-24H,3-6H2,1-2H3,(H,19,25)(H,20,26). The van der Waals surface area contributed by atoms with Crippen molar-refractivity contribution in [3.8, 4) is 0 Å². The van der Waals surface area contributed by atoms with Gasteiger partial charge in [0.15, 0.2) is 0 Å². The molecule has 26 heavy (non-hydrogen) atoms. The monoisotopic (exact) mass is 592 g/mol. The van der Waals surface area contributed by atoms with Crippen molar-refractivity contribution in [2.24, 2.45) is 0 Å². The third-order valence-electron chi connectivity index (χ3n) is 3.80. The molecule has 6 N–H and O–H groups in total. The van der Waals surface area contributed by atoms with Crippen molar-refractivity contribution in [2.75, 3.05) is 26.3 Å². The molecule has 2 amide bonds. The largest absolute Gasteiger partial charge is 0.394 e. The first-order valence-corrected chi connectivity index (χ1v) is 9.93. The molecule has 1 aromatic carbocycles. The Balaban J connectivity index is 3.22. The predicted octanol–water partition coefficient (Wildman–Crippen LogP) is -0.321. The molecule has 0 aliphatic carbocycles. The SMILES string of the molecule is Cc1c(C)c(C(=O)NCC(O)CO)c(I)c(C(=O)NCC(O)CO)c1I. The number of rotatable bonds is 8. The lowest BCUT2D eigenvalue weighted by atomic mass is 9.98. The van der Waals surface area contributed by atoms with Crippen LogP contribution < -0.4 is 10.6 Å². The Hall–Kier alpha value is -0.540. The molecule has 0 aliphatic heterocycles. The zero-order chi connectivity index (χ0) is 20.0. The van der Waals surface area contributed by atoms with Gasteiger partial charge in [0.25, 0.3) is 11.8 Å². The van der Waals surface area contributed by atoms with Crippen LogP contribution in [0.15, 0.2) is 0 Å². The van der Waals surface area contributed by atoms with Gasteiger partial charge in [0, 0.05) is 20.2 Å². The molecule has 0 saturated heterocycles. The van der Waals surface area contributed by atoms with E-state index >= 15 is 0 Å². The summed E-state index contributed by atoms with van der Waals surface area (Å²) in [6.45, 7) is 2.41. The molecule has 2 atom stereocenters. The summed E-state index contributed by atoms with van der Waals surface area (Å²) in [6.07, 6.45) is -2.13. The maximum atomic E-state index is 12.5. The fourth-order valence-electron chi connectivity index (χ4n) is 2.12. The van der Waals surface area contributed by atoms with Crippen LogP contribution in [-0.2, 0) is 0 Å². The fraction of sp³-hybridized carbons (Fsp3) is 0.500. The van der Waals surface area contributed by atoms with Crippen LogP contribution in [0.3, 0.4) is 0 Å². The van der Waals surface area contributed by atoms with Gasteiger partial charge in [-0.25, -0.2) is 0 Å². The number of aliphatic hydroxyl groups is 4. The molecule has 0 radical (unpaired) electrons. The van der Waals surface area contributed by atoms with E-state index in [1.54, 1.807) is 13.8 Å². The van der Waals surface area contributed by atoms with Gasteiger partial charge in [-0.2, -0.15) is 0 Å². The Kier molecular flexibility index (Phi) is 9.68. The van der Waals surface area contributed by atoms with Gasteiger partial charge in [-0.1, -0.05) is 0 Å². The first kappa shape index (κ1) is 23.5. The molecule has 2 unspecified atom stereocenters. The lowest BCUT2D eigenvalue weighted by Crippen LogP contribution is -2.37. The van der Waals surface area contributed by atoms with E-state index in [1.165, 1.54) is 0 Å². The second-order valence-electron chi connectivity index (χ2n) is 5.72. The van der Waals surface area contributed by atoms with E-state index < -0.39 is 37.2 Å². The van der Waals surface area contributed by atoms with Crippen LogP contribution in [0.4, 0.5) is 0 Å². The Morgan fingerprint density at radius 3 is 1.69 bits per heavy atom. The highest BCUT2D eigenvalue weighted by Gasteiger charge is 2.25. The van der Waals surface area contributed by atoms with Gasteiger partial charge < -0.3 is 31.1 Å². The minimum absolute atomic E-state index is 0.111. The summed E-state index contributed by atoms with van der Waals surface area (Å²) in [7, 11) is 0. The number of carbonyl (C=O) groups is 2. The van der Waals surface area contributed by atoms with E-state index in [0.29, 0.717) is 23.8 Å². The maximum absolute atomic E-state index is 12.5. The van der Waals surface area contributed by atoms with Gasteiger partial charge in [0.05, 0.1) is 36.5 Å². The van der Waals surface area contributed by atoms with Gasteiger partial charge in [-0.05, 0) is 70.2 Å². The molecule has 0 fully saturated rings. The molecule has 0 spiro atoms. The highest BCUT2D eigenvalue weighted by Crippen LogP contribution is 2.30. The molecule has 0 bridgehead atoms. The van der Waals surface area contributed by atoms with Crippen LogP contribution in [0.2, 0.25) is 0 Å². The number of halogens is 2. The zero-order valence-corrected chi connectivity index (χ0v) is 18.7. The molecule has 0 aliphatic rings. The fourth-order valence-corrected chi connectivity index (χ4v) is 4.72. The van der Waals surface area contributed by atoms with Gasteiger partial charge in [0.1, 0.15) is 0 Å². The first-order chi connectivity index (χ1) is 12.1. The van der Waals surface area contributed by atoms with Crippen molar-refractivity contribution in [3.63, 3.8) is 0 Å². The Morgan fingerprint density at radius 2 is 1.27 bits per heavy atom. The number of hydrogen-bond acceptors (Lipinski definition) is 6. The van der Waals surface area contributed by atoms with Crippen molar-refractivity contribution in [1.29, 1.82) is 0 Å². The summed E-state index contributed by atoms with van der Waals surface area (Å²) in [5.74, 6) is -0.915. The Labute approximate surface area is 178 Å². The molecule has 1 rings (SSSR count). The summed E-state index contributed by atoms with van der Waals surface area (Å²) in [4.78, 5) is 25.1. The molecule has 8 nitrogen and oxygen atoms in total. The van der Waals surface area contributed by atoms with Crippen molar-refractivity contribution in [3.05, 3.63) is 29.4 Å². The van der Waals surface area contributed by atoms with Gasteiger partial charge in [0.2, 0.25) is 0 Å². The molecular weight excluding hydrogens is 570 g/mol. The minimum Gasteiger partial charge on any atom is -0.394 e. The van der Waals surface area contributed by atoms with E-state index in [0.717, 1.165) is 5.56 Å². The molecular formula is C16H22I2N2O6. The topological polar surface area (TPSA) is 139 Å². The van der Waals surface area contributed by atoms with Gasteiger partial charge >= 0.3 is 0 Å². The molecule has 0 heterocycles. The molecule has 0 saturated carbocycles. The smallest absolute Gasteiger partial charge is 0.253 e. The van der Waals surface area contributed by atoms with Crippen LogP contribution in [0, 0.1) is 21.0 Å². The number of aliphatic hydroxyl groups excluding tert-OH is 4. The van der Waals surface area contributed by atoms with E-state index in [-0.39, 0.29) is 13.1 Å². The zero-order valence-electron chi connectivity index (χ0n) is 14.3. The normalized spacial score (nSPS) is 13.2. The Bertz CT molecular complexity index is 630. The lowest BCUT2D eigenvalue weighted by Gasteiger charge is -2.19. The van der Waals surface area contributed by atoms with E-state index in [4.69, 9.17) is 10.2 Å². The first-order valence-electron chi connectivity index (χ1n) is 7.78. The summed E-state index contributed by atoms with van der Waals surface area (Å²) in [5, 5.41) is 41.6. The quantitative estimate of drug-likeness (QED) is 0.229. The highest BCUT2D eigenvalue weighted by atomic mass is 127. The maximum Gasteiger partial charge on any atom is 0.253 e. The summed E-state index contributed by atoms with van der Waals surface area (Å²) in [5.41, 5.74) is 2.11. The number of nitrogens with one attached hydrogen (secondary N) is 2. The van der Waals surface area contributed by atoms with Gasteiger partial charge in [-0.3, -0.25) is 9.59 Å². The van der Waals surface area contributed by atoms with Crippen LogP contribution >= 0.6 is 45.2 Å².